The van der Waals surface area contributed by atoms with Gasteiger partial charge in [0.2, 0.25) is 0 Å². The van der Waals surface area contributed by atoms with Crippen LogP contribution in [0.15, 0.2) is 66.2 Å². The number of rotatable bonds is 6. The van der Waals surface area contributed by atoms with E-state index in [1.54, 1.807) is 18.4 Å². The second kappa shape index (κ2) is 7.86. The number of methoxy groups -OCH3 is 1. The van der Waals surface area contributed by atoms with E-state index in [9.17, 15) is 0 Å². The average Bonchev–Trinajstić information content (AvgIpc) is 3.39. The Kier molecular flexibility index (Phi) is 5.14. The number of nitrogens with zero attached hydrogens (tertiary/aromatic N) is 1. The van der Waals surface area contributed by atoms with E-state index in [1.165, 1.54) is 0 Å². The molecule has 0 saturated carbocycles. The maximum absolute atomic E-state index is 5.92. The highest BCUT2D eigenvalue weighted by molar-refractivity contribution is 7.13. The third-order valence-electron chi connectivity index (χ3n) is 4.11. The fourth-order valence-electron chi connectivity index (χ4n) is 2.70. The van der Waals surface area contributed by atoms with Crippen molar-refractivity contribution in [3.8, 4) is 33.5 Å². The summed E-state index contributed by atoms with van der Waals surface area (Å²) in [4.78, 5) is 8.93. The summed E-state index contributed by atoms with van der Waals surface area (Å²) in [7, 11) is 1.64. The molecule has 2 aromatic carbocycles. The number of imidazole rings is 1. The first-order valence-corrected chi connectivity index (χ1v) is 9.63. The second-order valence-corrected chi connectivity index (χ2v) is 7.29. The zero-order chi connectivity index (χ0) is 18.6. The molecule has 0 spiro atoms. The molecule has 4 rings (SSSR count). The van der Waals surface area contributed by atoms with Gasteiger partial charge in [0.05, 0.1) is 23.9 Å². The van der Waals surface area contributed by atoms with Crippen molar-refractivity contribution in [2.75, 3.05) is 7.11 Å². The van der Waals surface area contributed by atoms with E-state index in [-0.39, 0.29) is 0 Å². The quantitative estimate of drug-likeness (QED) is 0.431. The Labute approximate surface area is 166 Å². The fourth-order valence-corrected chi connectivity index (χ4v) is 3.50. The minimum atomic E-state index is 0.444. The molecule has 0 saturated heterocycles. The van der Waals surface area contributed by atoms with Crippen LogP contribution in [0.3, 0.4) is 0 Å². The molecular formula is C21H17ClN2O2S. The summed E-state index contributed by atoms with van der Waals surface area (Å²) < 4.78 is 11.4. The lowest BCUT2D eigenvalue weighted by molar-refractivity contribution is 0.284. The van der Waals surface area contributed by atoms with Gasteiger partial charge in [-0.1, -0.05) is 29.8 Å². The van der Waals surface area contributed by atoms with Crippen molar-refractivity contribution in [1.29, 1.82) is 0 Å². The summed E-state index contributed by atoms with van der Waals surface area (Å²) in [6, 6.07) is 17.5. The average molecular weight is 397 g/mol. The van der Waals surface area contributed by atoms with Crippen molar-refractivity contribution < 1.29 is 9.47 Å². The Morgan fingerprint density at radius 3 is 2.67 bits per heavy atom. The van der Waals surface area contributed by atoms with Crippen molar-refractivity contribution in [2.45, 2.75) is 6.61 Å². The lowest BCUT2D eigenvalue weighted by Gasteiger charge is -2.12. The third kappa shape index (κ3) is 3.99. The van der Waals surface area contributed by atoms with E-state index in [4.69, 9.17) is 21.1 Å². The highest BCUT2D eigenvalue weighted by Gasteiger charge is 2.11. The number of hydrogen-bond acceptors (Lipinski definition) is 4. The number of H-pyrrole nitrogens is 1. The minimum Gasteiger partial charge on any atom is -0.493 e. The Morgan fingerprint density at radius 1 is 1.07 bits per heavy atom. The number of benzene rings is 2. The number of ether oxygens (including phenoxy) is 2. The second-order valence-electron chi connectivity index (χ2n) is 5.90. The summed E-state index contributed by atoms with van der Waals surface area (Å²) in [6.45, 7) is 0.444. The highest BCUT2D eigenvalue weighted by atomic mass is 35.5. The first kappa shape index (κ1) is 17.6. The Hall–Kier alpha value is -2.76. The Bertz CT molecular complexity index is 1030. The molecule has 0 bridgehead atoms. The van der Waals surface area contributed by atoms with Gasteiger partial charge >= 0.3 is 0 Å². The lowest BCUT2D eigenvalue weighted by Crippen LogP contribution is -1.98. The standard InChI is InChI=1S/C21H17ClN2O2S/c1-25-19-11-15(17-12-23-21(24-17)20-3-2-10-27-20)6-9-18(19)26-13-14-4-7-16(22)8-5-14/h2-12H,13H2,1H3,(H,23,24). The monoisotopic (exact) mass is 396 g/mol. The van der Waals surface area contributed by atoms with Gasteiger partial charge in [-0.3, -0.25) is 0 Å². The third-order valence-corrected chi connectivity index (χ3v) is 5.24. The molecule has 0 aliphatic rings. The van der Waals surface area contributed by atoms with Gasteiger partial charge in [-0.15, -0.1) is 11.3 Å². The van der Waals surface area contributed by atoms with Crippen LogP contribution >= 0.6 is 22.9 Å². The number of thiophene rings is 1. The van der Waals surface area contributed by atoms with Gasteiger partial charge in [-0.05, 0) is 47.3 Å². The molecule has 4 aromatic rings. The SMILES string of the molecule is COc1cc(-c2cnc(-c3cccs3)[nH]2)ccc1OCc1ccc(Cl)cc1. The zero-order valence-corrected chi connectivity index (χ0v) is 16.2. The molecule has 2 heterocycles. The normalized spacial score (nSPS) is 10.7. The van der Waals surface area contributed by atoms with E-state index in [0.29, 0.717) is 23.1 Å². The lowest BCUT2D eigenvalue weighted by atomic mass is 10.1. The molecule has 0 amide bonds. The predicted molar refractivity (Wildman–Crippen MR) is 110 cm³/mol. The maximum Gasteiger partial charge on any atom is 0.161 e. The number of halogens is 1. The number of aromatic nitrogens is 2. The molecule has 4 nitrogen and oxygen atoms in total. The van der Waals surface area contributed by atoms with Crippen LogP contribution in [-0.4, -0.2) is 17.1 Å². The maximum atomic E-state index is 5.92. The van der Waals surface area contributed by atoms with Crippen LogP contribution in [0, 0.1) is 0 Å². The van der Waals surface area contributed by atoms with Crippen LogP contribution in [0.4, 0.5) is 0 Å². The Morgan fingerprint density at radius 2 is 1.93 bits per heavy atom. The molecule has 2 aromatic heterocycles. The summed E-state index contributed by atoms with van der Waals surface area (Å²) in [5, 5.41) is 2.75. The summed E-state index contributed by atoms with van der Waals surface area (Å²) in [5.74, 6) is 2.23. The van der Waals surface area contributed by atoms with Crippen LogP contribution in [0.25, 0.3) is 22.0 Å². The number of nitrogens with one attached hydrogen (secondary N) is 1. The topological polar surface area (TPSA) is 47.1 Å². The first-order valence-electron chi connectivity index (χ1n) is 8.37. The molecule has 136 valence electrons. The van der Waals surface area contributed by atoms with Crippen LogP contribution in [-0.2, 0) is 6.61 Å². The molecular weight excluding hydrogens is 380 g/mol. The van der Waals surface area contributed by atoms with Gasteiger partial charge in [-0.25, -0.2) is 4.98 Å². The molecule has 0 aliphatic heterocycles. The van der Waals surface area contributed by atoms with Crippen LogP contribution < -0.4 is 9.47 Å². The van der Waals surface area contributed by atoms with Gasteiger partial charge in [0.1, 0.15) is 12.4 Å². The minimum absolute atomic E-state index is 0.444. The van der Waals surface area contributed by atoms with Crippen molar-refractivity contribution >= 4 is 22.9 Å². The van der Waals surface area contributed by atoms with Gasteiger partial charge in [0, 0.05) is 10.6 Å². The zero-order valence-electron chi connectivity index (χ0n) is 14.6. The van der Waals surface area contributed by atoms with Crippen LogP contribution in [0.2, 0.25) is 5.02 Å². The summed E-state index contributed by atoms with van der Waals surface area (Å²) in [6.07, 6.45) is 1.83. The van der Waals surface area contributed by atoms with E-state index in [2.05, 4.69) is 9.97 Å². The molecule has 0 atom stereocenters. The number of aromatic amines is 1. The van der Waals surface area contributed by atoms with E-state index < -0.39 is 0 Å². The van der Waals surface area contributed by atoms with Crippen molar-refractivity contribution in [2.24, 2.45) is 0 Å². The summed E-state index contributed by atoms with van der Waals surface area (Å²) >= 11 is 7.57. The van der Waals surface area contributed by atoms with E-state index in [0.717, 1.165) is 27.5 Å². The molecule has 0 fully saturated rings. The molecule has 27 heavy (non-hydrogen) atoms. The molecule has 0 aliphatic carbocycles. The van der Waals surface area contributed by atoms with Crippen molar-refractivity contribution in [1.82, 2.24) is 9.97 Å². The highest BCUT2D eigenvalue weighted by Crippen LogP contribution is 2.33. The van der Waals surface area contributed by atoms with Crippen LogP contribution in [0.1, 0.15) is 5.56 Å². The predicted octanol–water partition coefficient (Wildman–Crippen LogP) is 6.05. The molecule has 1 N–H and O–H groups in total. The smallest absolute Gasteiger partial charge is 0.161 e. The Balaban J connectivity index is 1.53. The number of hydrogen-bond donors (Lipinski definition) is 1. The summed E-state index contributed by atoms with van der Waals surface area (Å²) in [5.41, 5.74) is 2.96. The largest absolute Gasteiger partial charge is 0.493 e. The van der Waals surface area contributed by atoms with Gasteiger partial charge < -0.3 is 14.5 Å². The molecule has 0 unspecified atom stereocenters. The fraction of sp³-hybridized carbons (Fsp3) is 0.0952. The first-order chi connectivity index (χ1) is 13.2. The van der Waals surface area contributed by atoms with E-state index >= 15 is 0 Å². The molecule has 6 heteroatoms. The molecule has 0 radical (unpaired) electrons. The van der Waals surface area contributed by atoms with Crippen molar-refractivity contribution in [3.63, 3.8) is 0 Å². The van der Waals surface area contributed by atoms with Gasteiger partial charge in [-0.2, -0.15) is 0 Å². The van der Waals surface area contributed by atoms with Crippen LogP contribution in [0.5, 0.6) is 11.5 Å². The van der Waals surface area contributed by atoms with Gasteiger partial charge in [0.15, 0.2) is 11.5 Å². The van der Waals surface area contributed by atoms with Gasteiger partial charge in [0.25, 0.3) is 0 Å². The van der Waals surface area contributed by atoms with E-state index in [1.807, 2.05) is 66.2 Å². The van der Waals surface area contributed by atoms with Crippen molar-refractivity contribution in [3.05, 3.63) is 76.8 Å².